The number of methoxy groups -OCH3 is 2. The maximum absolute atomic E-state index is 5.23. The van der Waals surface area contributed by atoms with Gasteiger partial charge < -0.3 is 9.47 Å². The predicted octanol–water partition coefficient (Wildman–Crippen LogP) is 3.68. The fourth-order valence-electron chi connectivity index (χ4n) is 1.34. The predicted molar refractivity (Wildman–Crippen MR) is 68.0 cm³/mol. The van der Waals surface area contributed by atoms with Crippen LogP contribution >= 0.6 is 0 Å². The van der Waals surface area contributed by atoms with E-state index in [0.29, 0.717) is 0 Å². The molecule has 0 heterocycles. The third kappa shape index (κ3) is 3.46. The van der Waals surface area contributed by atoms with E-state index in [2.05, 4.69) is 13.0 Å². The molecule has 1 aromatic carbocycles. The molecule has 86 valence electrons. The minimum Gasteiger partial charge on any atom is -0.493 e. The minimum atomic E-state index is 0.753. The van der Waals surface area contributed by atoms with Crippen molar-refractivity contribution in [2.75, 3.05) is 14.2 Å². The summed E-state index contributed by atoms with van der Waals surface area (Å²) in [6.07, 6.45) is 9.25. The van der Waals surface area contributed by atoms with Gasteiger partial charge >= 0.3 is 0 Å². The minimum absolute atomic E-state index is 0.753. The fraction of sp³-hybridized carbons (Fsp3) is 0.286. The first-order valence-corrected chi connectivity index (χ1v) is 5.37. The number of hydrogen-bond acceptors (Lipinski definition) is 2. The zero-order valence-corrected chi connectivity index (χ0v) is 10.1. The van der Waals surface area contributed by atoms with Crippen LogP contribution in [-0.2, 0) is 0 Å². The summed E-state index contributed by atoms with van der Waals surface area (Å²) in [6, 6.07) is 5.86. The van der Waals surface area contributed by atoms with E-state index >= 15 is 0 Å². The second-order valence-electron chi connectivity index (χ2n) is 3.31. The first kappa shape index (κ1) is 12.4. The van der Waals surface area contributed by atoms with Gasteiger partial charge in [-0.1, -0.05) is 37.3 Å². The largest absolute Gasteiger partial charge is 0.493 e. The molecule has 0 spiro atoms. The van der Waals surface area contributed by atoms with E-state index in [4.69, 9.17) is 9.47 Å². The van der Waals surface area contributed by atoms with E-state index in [1.807, 2.05) is 36.4 Å². The Morgan fingerprint density at radius 1 is 1.06 bits per heavy atom. The maximum atomic E-state index is 5.23. The number of rotatable bonds is 5. The monoisotopic (exact) mass is 218 g/mol. The molecule has 0 N–H and O–H groups in total. The Kier molecular flexibility index (Phi) is 5.20. The van der Waals surface area contributed by atoms with Crippen LogP contribution in [0.15, 0.2) is 36.4 Å². The summed E-state index contributed by atoms with van der Waals surface area (Å²) >= 11 is 0. The summed E-state index contributed by atoms with van der Waals surface area (Å²) in [5.74, 6) is 1.51. The van der Waals surface area contributed by atoms with Gasteiger partial charge in [0.2, 0.25) is 0 Å². The van der Waals surface area contributed by atoms with Crippen LogP contribution in [0.5, 0.6) is 11.5 Å². The molecule has 0 aromatic heterocycles. The second kappa shape index (κ2) is 6.72. The van der Waals surface area contributed by atoms with Crippen molar-refractivity contribution in [2.24, 2.45) is 0 Å². The van der Waals surface area contributed by atoms with Crippen LogP contribution in [0, 0.1) is 0 Å². The lowest BCUT2D eigenvalue weighted by Crippen LogP contribution is -1.90. The average Bonchev–Trinajstić information content (AvgIpc) is 2.34. The molecule has 0 bridgehead atoms. The molecular formula is C14H18O2. The molecule has 0 aliphatic rings. The molecule has 0 aliphatic heterocycles. The van der Waals surface area contributed by atoms with Crippen LogP contribution in [0.3, 0.4) is 0 Å². The smallest absolute Gasteiger partial charge is 0.161 e. The van der Waals surface area contributed by atoms with Gasteiger partial charge in [0.25, 0.3) is 0 Å². The Balaban J connectivity index is 2.82. The van der Waals surface area contributed by atoms with E-state index in [1.54, 1.807) is 14.2 Å². The molecule has 16 heavy (non-hydrogen) atoms. The van der Waals surface area contributed by atoms with Crippen molar-refractivity contribution >= 4 is 6.08 Å². The molecule has 0 amide bonds. The van der Waals surface area contributed by atoms with Gasteiger partial charge in [0.15, 0.2) is 11.5 Å². The highest BCUT2D eigenvalue weighted by atomic mass is 16.5. The van der Waals surface area contributed by atoms with E-state index < -0.39 is 0 Å². The Labute approximate surface area is 97.2 Å². The SMILES string of the molecule is CCC=CC=Cc1ccc(OC)c(OC)c1. The normalized spacial score (nSPS) is 11.2. The van der Waals surface area contributed by atoms with Gasteiger partial charge in [-0.15, -0.1) is 0 Å². The standard InChI is InChI=1S/C14H18O2/c1-4-5-6-7-8-12-9-10-13(15-2)14(11-12)16-3/h5-11H,4H2,1-3H3. The summed E-state index contributed by atoms with van der Waals surface area (Å²) in [5.41, 5.74) is 1.10. The summed E-state index contributed by atoms with van der Waals surface area (Å²) in [4.78, 5) is 0. The molecule has 0 saturated heterocycles. The van der Waals surface area contributed by atoms with Crippen LogP contribution in [0.1, 0.15) is 18.9 Å². The number of allylic oxidation sites excluding steroid dienone is 3. The highest BCUT2D eigenvalue weighted by molar-refractivity contribution is 5.56. The van der Waals surface area contributed by atoms with Gasteiger partial charge in [-0.3, -0.25) is 0 Å². The van der Waals surface area contributed by atoms with Gasteiger partial charge in [0.1, 0.15) is 0 Å². The molecule has 0 aliphatic carbocycles. The van der Waals surface area contributed by atoms with Crippen molar-refractivity contribution in [1.82, 2.24) is 0 Å². The Morgan fingerprint density at radius 3 is 2.44 bits per heavy atom. The quantitative estimate of drug-likeness (QED) is 0.702. The van der Waals surface area contributed by atoms with E-state index in [-0.39, 0.29) is 0 Å². The number of hydrogen-bond donors (Lipinski definition) is 0. The summed E-state index contributed by atoms with van der Waals surface area (Å²) in [5, 5.41) is 0. The lowest BCUT2D eigenvalue weighted by Gasteiger charge is -2.07. The van der Waals surface area contributed by atoms with Crippen LogP contribution in [0.4, 0.5) is 0 Å². The highest BCUT2D eigenvalue weighted by Crippen LogP contribution is 2.27. The molecule has 0 unspecified atom stereocenters. The first-order valence-electron chi connectivity index (χ1n) is 5.37. The van der Waals surface area contributed by atoms with Crippen molar-refractivity contribution in [1.29, 1.82) is 0 Å². The summed E-state index contributed by atoms with van der Waals surface area (Å²) in [6.45, 7) is 2.11. The molecular weight excluding hydrogens is 200 g/mol. The van der Waals surface area contributed by atoms with Crippen molar-refractivity contribution in [2.45, 2.75) is 13.3 Å². The van der Waals surface area contributed by atoms with E-state index in [9.17, 15) is 0 Å². The molecule has 1 rings (SSSR count). The van der Waals surface area contributed by atoms with Crippen LogP contribution < -0.4 is 9.47 Å². The lowest BCUT2D eigenvalue weighted by molar-refractivity contribution is 0.355. The third-order valence-electron chi connectivity index (χ3n) is 2.18. The van der Waals surface area contributed by atoms with Crippen LogP contribution in [0.25, 0.3) is 6.08 Å². The zero-order valence-electron chi connectivity index (χ0n) is 10.1. The fourth-order valence-corrected chi connectivity index (χ4v) is 1.34. The van der Waals surface area contributed by atoms with Crippen LogP contribution in [0.2, 0.25) is 0 Å². The topological polar surface area (TPSA) is 18.5 Å². The van der Waals surface area contributed by atoms with Gasteiger partial charge in [0, 0.05) is 0 Å². The van der Waals surface area contributed by atoms with Gasteiger partial charge in [0.05, 0.1) is 14.2 Å². The molecule has 0 saturated carbocycles. The molecule has 2 heteroatoms. The molecule has 0 atom stereocenters. The number of benzene rings is 1. The first-order chi connectivity index (χ1) is 7.81. The van der Waals surface area contributed by atoms with Crippen molar-refractivity contribution < 1.29 is 9.47 Å². The Morgan fingerprint density at radius 2 is 1.81 bits per heavy atom. The second-order valence-corrected chi connectivity index (χ2v) is 3.31. The third-order valence-corrected chi connectivity index (χ3v) is 2.18. The number of ether oxygens (including phenoxy) is 2. The molecule has 2 nitrogen and oxygen atoms in total. The Bertz CT molecular complexity index is 378. The Hall–Kier alpha value is -1.70. The molecule has 1 aromatic rings. The van der Waals surface area contributed by atoms with Crippen LogP contribution in [-0.4, -0.2) is 14.2 Å². The molecule has 0 radical (unpaired) electrons. The van der Waals surface area contributed by atoms with Crippen molar-refractivity contribution in [3.8, 4) is 11.5 Å². The van der Waals surface area contributed by atoms with Gasteiger partial charge in [-0.2, -0.15) is 0 Å². The van der Waals surface area contributed by atoms with E-state index in [0.717, 1.165) is 23.5 Å². The maximum Gasteiger partial charge on any atom is 0.161 e. The van der Waals surface area contributed by atoms with E-state index in [1.165, 1.54) is 0 Å². The summed E-state index contributed by atoms with van der Waals surface area (Å²) < 4.78 is 10.4. The lowest BCUT2D eigenvalue weighted by atomic mass is 10.2. The van der Waals surface area contributed by atoms with Crippen molar-refractivity contribution in [3.05, 3.63) is 42.0 Å². The average molecular weight is 218 g/mol. The van der Waals surface area contributed by atoms with Gasteiger partial charge in [-0.05, 0) is 24.1 Å². The highest BCUT2D eigenvalue weighted by Gasteiger charge is 2.01. The summed E-state index contributed by atoms with van der Waals surface area (Å²) in [7, 11) is 3.28. The molecule has 0 fully saturated rings. The van der Waals surface area contributed by atoms with Crippen molar-refractivity contribution in [3.63, 3.8) is 0 Å². The van der Waals surface area contributed by atoms with Gasteiger partial charge in [-0.25, -0.2) is 0 Å². The zero-order chi connectivity index (χ0) is 11.8.